The second-order valence-corrected chi connectivity index (χ2v) is 10.1. The van der Waals surface area contributed by atoms with Crippen LogP contribution in [0.2, 0.25) is 0 Å². The molecule has 1 amide bonds. The Morgan fingerprint density at radius 3 is 2.41 bits per heavy atom. The molecule has 1 aliphatic carbocycles. The quantitative estimate of drug-likeness (QED) is 0.344. The Kier molecular flexibility index (Phi) is 7.79. The number of hydrogen-bond donors (Lipinski definition) is 0. The zero-order chi connectivity index (χ0) is 19.4. The lowest BCUT2D eigenvalue weighted by Crippen LogP contribution is -2.35. The first kappa shape index (κ1) is 21.3. The molecule has 0 N–H and O–H groups in total. The van der Waals surface area contributed by atoms with E-state index in [0.717, 1.165) is 32.8 Å². The van der Waals surface area contributed by atoms with E-state index in [2.05, 4.69) is 43.6 Å². The van der Waals surface area contributed by atoms with Crippen molar-refractivity contribution in [3.63, 3.8) is 0 Å². The number of amides is 1. The van der Waals surface area contributed by atoms with E-state index in [0.29, 0.717) is 31.7 Å². The van der Waals surface area contributed by atoms with Crippen LogP contribution in [0.4, 0.5) is 5.69 Å². The van der Waals surface area contributed by atoms with Gasteiger partial charge in [0.15, 0.2) is 0 Å². The van der Waals surface area contributed by atoms with Gasteiger partial charge in [0.2, 0.25) is 0 Å². The number of anilines is 1. The van der Waals surface area contributed by atoms with Gasteiger partial charge in [-0.05, 0) is 67.3 Å². The molecule has 1 unspecified atom stereocenters. The van der Waals surface area contributed by atoms with Crippen LogP contribution in [0, 0.1) is 5.92 Å². The Labute approximate surface area is 178 Å². The van der Waals surface area contributed by atoms with Gasteiger partial charge in [-0.3, -0.25) is 8.51 Å². The highest BCUT2D eigenvalue weighted by molar-refractivity contribution is 9.10. The maximum atomic E-state index is 13.3. The molecule has 27 heavy (non-hydrogen) atoms. The second kappa shape index (κ2) is 9.87. The number of carbonyl (C=O) groups excluding carboxylic acids is 1. The van der Waals surface area contributed by atoms with Crippen LogP contribution in [-0.2, 0) is 16.0 Å². The molecule has 1 heterocycles. The first-order valence-corrected chi connectivity index (χ1v) is 11.9. The van der Waals surface area contributed by atoms with E-state index in [4.69, 9.17) is 9.47 Å². The van der Waals surface area contributed by atoms with Gasteiger partial charge in [0.1, 0.15) is 0 Å². The molecule has 0 aromatic heterocycles. The number of nitrogens with zero attached hydrogens (tertiary/aromatic N) is 2. The van der Waals surface area contributed by atoms with E-state index in [-0.39, 0.29) is 5.91 Å². The summed E-state index contributed by atoms with van der Waals surface area (Å²) in [6.45, 7) is 4.23. The molecule has 3 rings (SSSR count). The Morgan fingerprint density at radius 1 is 1.22 bits per heavy atom. The zero-order valence-electron chi connectivity index (χ0n) is 16.1. The second-order valence-electron chi connectivity index (χ2n) is 6.88. The molecule has 5 nitrogen and oxygen atoms in total. The molecule has 1 aromatic rings. The van der Waals surface area contributed by atoms with Gasteiger partial charge in [-0.25, -0.2) is 0 Å². The molecular weight excluding hydrogens is 448 g/mol. The van der Waals surface area contributed by atoms with Crippen molar-refractivity contribution in [3.8, 4) is 0 Å². The van der Waals surface area contributed by atoms with Crippen molar-refractivity contribution in [1.82, 2.24) is 4.90 Å². The number of fused-ring (bicyclic) bond motifs is 1. The summed E-state index contributed by atoms with van der Waals surface area (Å²) in [5, 5.41) is 0. The lowest BCUT2D eigenvalue weighted by atomic mass is 10.1. The number of halogens is 1. The summed E-state index contributed by atoms with van der Waals surface area (Å²) < 4.78 is 13.6. The van der Waals surface area contributed by atoms with Gasteiger partial charge >= 0.3 is 0 Å². The average Bonchev–Trinajstić information content (AvgIpc) is 3.44. The smallest absolute Gasteiger partial charge is 0.256 e. The van der Waals surface area contributed by atoms with Crippen LogP contribution in [0.3, 0.4) is 0 Å². The number of benzene rings is 1. The van der Waals surface area contributed by atoms with Gasteiger partial charge in [0.25, 0.3) is 5.91 Å². The van der Waals surface area contributed by atoms with E-state index in [9.17, 15) is 4.79 Å². The number of rotatable bonds is 11. The molecule has 0 saturated heterocycles. The highest BCUT2D eigenvalue weighted by Crippen LogP contribution is 2.43. The Bertz CT molecular complexity index is 663. The van der Waals surface area contributed by atoms with Gasteiger partial charge in [-0.2, -0.15) is 0 Å². The van der Waals surface area contributed by atoms with Crippen LogP contribution in [0.1, 0.15) is 35.7 Å². The number of hydrogen-bond acceptors (Lipinski definition) is 6. The fourth-order valence-electron chi connectivity index (χ4n) is 3.31. The predicted molar refractivity (Wildman–Crippen MR) is 117 cm³/mol. The molecule has 0 radical (unpaired) electrons. The molecule has 150 valence electrons. The summed E-state index contributed by atoms with van der Waals surface area (Å²) in [4.78, 5) is 15.3. The summed E-state index contributed by atoms with van der Waals surface area (Å²) in [7, 11) is 3.42. The van der Waals surface area contributed by atoms with Crippen molar-refractivity contribution in [2.45, 2.75) is 32.4 Å². The van der Waals surface area contributed by atoms with E-state index >= 15 is 0 Å². The standard InChI is InChI=1S/C19H27BrN2O3S2/c1-13(14-4-5-14)21-12-15-10-16(20)11-17(18(15)19(21)23)22(26-8-6-24-2)27-9-7-25-3/h10-11,13-14H,4-9,12H2,1-3H3. The lowest BCUT2D eigenvalue weighted by molar-refractivity contribution is 0.0698. The molecule has 2 aliphatic rings. The molecule has 8 heteroatoms. The average molecular weight is 475 g/mol. The monoisotopic (exact) mass is 474 g/mol. The molecule has 0 spiro atoms. The third-order valence-corrected chi connectivity index (χ3v) is 7.62. The number of methoxy groups -OCH3 is 2. The van der Waals surface area contributed by atoms with Crippen molar-refractivity contribution in [2.24, 2.45) is 5.92 Å². The van der Waals surface area contributed by atoms with Gasteiger partial charge in [-0.1, -0.05) is 15.9 Å². The Balaban J connectivity index is 1.86. The summed E-state index contributed by atoms with van der Waals surface area (Å²) >= 11 is 7.00. The molecular formula is C19H27BrN2O3S2. The van der Waals surface area contributed by atoms with Crippen LogP contribution in [0.5, 0.6) is 0 Å². The highest BCUT2D eigenvalue weighted by atomic mass is 79.9. The normalized spacial score (nSPS) is 17.3. The molecule has 1 saturated carbocycles. The summed E-state index contributed by atoms with van der Waals surface area (Å²) in [5.41, 5.74) is 2.93. The minimum atomic E-state index is 0.164. The molecule has 0 bridgehead atoms. The van der Waals surface area contributed by atoms with Gasteiger partial charge in [0.05, 0.1) is 24.5 Å². The van der Waals surface area contributed by atoms with E-state index in [1.165, 1.54) is 12.8 Å². The van der Waals surface area contributed by atoms with E-state index < -0.39 is 0 Å². The van der Waals surface area contributed by atoms with Gasteiger partial charge < -0.3 is 14.4 Å². The maximum Gasteiger partial charge on any atom is 0.256 e. The minimum Gasteiger partial charge on any atom is -0.384 e. The minimum absolute atomic E-state index is 0.164. The SMILES string of the molecule is COCCSN(SCCOC)c1cc(Br)cc2c1C(=O)N(C(C)C1CC1)C2. The van der Waals surface area contributed by atoms with Crippen LogP contribution in [0.25, 0.3) is 0 Å². The van der Waals surface area contributed by atoms with Crippen molar-refractivity contribution >= 4 is 51.4 Å². The first-order chi connectivity index (χ1) is 13.1. The molecule has 1 aromatic carbocycles. The zero-order valence-corrected chi connectivity index (χ0v) is 19.3. The van der Waals surface area contributed by atoms with Gasteiger partial charge in [0, 0.05) is 42.8 Å². The molecule has 1 fully saturated rings. The van der Waals surface area contributed by atoms with Crippen LogP contribution >= 0.6 is 39.8 Å². The summed E-state index contributed by atoms with van der Waals surface area (Å²) in [6, 6.07) is 4.46. The highest BCUT2D eigenvalue weighted by Gasteiger charge is 2.40. The summed E-state index contributed by atoms with van der Waals surface area (Å²) in [5.74, 6) is 2.48. The topological polar surface area (TPSA) is 42.0 Å². The number of carbonyl (C=O) groups is 1. The van der Waals surface area contributed by atoms with Crippen molar-refractivity contribution in [1.29, 1.82) is 0 Å². The Hall–Kier alpha value is -0.410. The largest absolute Gasteiger partial charge is 0.384 e. The fraction of sp³-hybridized carbons (Fsp3) is 0.632. The van der Waals surface area contributed by atoms with Crippen molar-refractivity contribution in [2.75, 3.05) is 42.6 Å². The van der Waals surface area contributed by atoms with Crippen LogP contribution in [-0.4, -0.2) is 55.8 Å². The number of ether oxygens (including phenoxy) is 2. The van der Waals surface area contributed by atoms with Crippen molar-refractivity contribution < 1.29 is 14.3 Å². The first-order valence-electron chi connectivity index (χ1n) is 9.24. The maximum absolute atomic E-state index is 13.3. The van der Waals surface area contributed by atoms with Crippen LogP contribution < -0.4 is 3.71 Å². The fourth-order valence-corrected chi connectivity index (χ4v) is 5.93. The molecule has 1 aliphatic heterocycles. The molecule has 1 atom stereocenters. The van der Waals surface area contributed by atoms with Crippen LogP contribution in [0.15, 0.2) is 16.6 Å². The predicted octanol–water partition coefficient (Wildman–Crippen LogP) is 4.60. The third-order valence-electron chi connectivity index (χ3n) is 4.96. The van der Waals surface area contributed by atoms with Gasteiger partial charge in [-0.15, -0.1) is 0 Å². The third kappa shape index (κ3) is 5.15. The van der Waals surface area contributed by atoms with E-state index in [1.807, 2.05) is 0 Å². The summed E-state index contributed by atoms with van der Waals surface area (Å²) in [6.07, 6.45) is 2.48. The lowest BCUT2D eigenvalue weighted by Gasteiger charge is -2.26. The van der Waals surface area contributed by atoms with E-state index in [1.54, 1.807) is 38.1 Å². The Morgan fingerprint density at radius 2 is 1.85 bits per heavy atom. The van der Waals surface area contributed by atoms with Crippen molar-refractivity contribution in [3.05, 3.63) is 27.7 Å².